The lowest BCUT2D eigenvalue weighted by molar-refractivity contribution is 0.0696. The van der Waals surface area contributed by atoms with E-state index in [9.17, 15) is 4.79 Å². The third-order valence-electron chi connectivity index (χ3n) is 3.09. The van der Waals surface area contributed by atoms with E-state index in [2.05, 4.69) is 17.0 Å². The van der Waals surface area contributed by atoms with Crippen molar-refractivity contribution in [3.05, 3.63) is 22.5 Å². The number of nitrogens with zero attached hydrogens (tertiary/aromatic N) is 3. The minimum absolute atomic E-state index is 0.0577. The van der Waals surface area contributed by atoms with Crippen molar-refractivity contribution in [2.45, 2.75) is 39.7 Å². The van der Waals surface area contributed by atoms with Crippen LogP contribution in [-0.2, 0) is 6.54 Å². The molecule has 2 aromatic rings. The molecule has 0 amide bonds. The fraction of sp³-hybridized carbons (Fsp3) is 0.462. The van der Waals surface area contributed by atoms with Gasteiger partial charge in [0.15, 0.2) is 5.65 Å². The number of aryl methyl sites for hydroxylation is 2. The van der Waals surface area contributed by atoms with Gasteiger partial charge in [0.05, 0.1) is 22.3 Å². The molecule has 2 aromatic heterocycles. The predicted octanol–water partition coefficient (Wildman–Crippen LogP) is 3.28. The van der Waals surface area contributed by atoms with E-state index >= 15 is 0 Å². The van der Waals surface area contributed by atoms with Gasteiger partial charge in [0.1, 0.15) is 5.56 Å². The molecule has 0 aromatic carbocycles. The van der Waals surface area contributed by atoms with Crippen molar-refractivity contribution in [2.24, 2.45) is 0 Å². The van der Waals surface area contributed by atoms with E-state index in [1.54, 1.807) is 17.8 Å². The zero-order chi connectivity index (χ0) is 14.0. The van der Waals surface area contributed by atoms with Crippen LogP contribution < -0.4 is 0 Å². The first-order valence-corrected chi connectivity index (χ1v) is 6.69. The predicted molar refractivity (Wildman–Crippen MR) is 73.8 cm³/mol. The molecule has 19 heavy (non-hydrogen) atoms. The molecule has 0 aliphatic carbocycles. The molecule has 0 radical (unpaired) electrons. The van der Waals surface area contributed by atoms with Gasteiger partial charge in [0.25, 0.3) is 0 Å². The Bertz CT molecular complexity index is 622. The zero-order valence-corrected chi connectivity index (χ0v) is 11.7. The second kappa shape index (κ2) is 5.57. The smallest absolute Gasteiger partial charge is 0.339 e. The first kappa shape index (κ1) is 13.8. The monoisotopic (exact) mass is 281 g/mol. The minimum Gasteiger partial charge on any atom is -0.478 e. The number of fused-ring (bicyclic) bond motifs is 1. The van der Waals surface area contributed by atoms with Gasteiger partial charge in [-0.05, 0) is 13.3 Å². The summed E-state index contributed by atoms with van der Waals surface area (Å²) in [5.41, 5.74) is 1.13. The highest BCUT2D eigenvalue weighted by atomic mass is 35.5. The molecule has 6 heteroatoms. The van der Waals surface area contributed by atoms with Gasteiger partial charge >= 0.3 is 5.97 Å². The lowest BCUT2D eigenvalue weighted by Gasteiger charge is -2.06. The molecule has 0 bridgehead atoms. The van der Waals surface area contributed by atoms with Crippen LogP contribution in [0, 0.1) is 6.92 Å². The first-order chi connectivity index (χ1) is 9.06. The molecule has 2 rings (SSSR count). The van der Waals surface area contributed by atoms with Crippen LogP contribution in [0.25, 0.3) is 11.0 Å². The second-order valence-electron chi connectivity index (χ2n) is 4.50. The Morgan fingerprint density at radius 2 is 2.21 bits per heavy atom. The topological polar surface area (TPSA) is 68.0 Å². The highest BCUT2D eigenvalue weighted by molar-refractivity contribution is 6.38. The Balaban J connectivity index is 2.47. The molecule has 0 aliphatic heterocycles. The van der Waals surface area contributed by atoms with Crippen LogP contribution in [-0.4, -0.2) is 25.8 Å². The molecule has 0 fully saturated rings. The lowest BCUT2D eigenvalue weighted by atomic mass is 10.1. The maximum atomic E-state index is 11.2. The molecule has 102 valence electrons. The normalized spacial score (nSPS) is 11.1. The number of hydrogen-bond acceptors (Lipinski definition) is 3. The number of carboxylic acid groups (broad SMARTS) is 1. The molecule has 0 saturated heterocycles. The molecule has 1 N–H and O–H groups in total. The molecule has 0 spiro atoms. The van der Waals surface area contributed by atoms with Crippen molar-refractivity contribution in [1.29, 1.82) is 0 Å². The lowest BCUT2D eigenvalue weighted by Crippen LogP contribution is -2.06. The van der Waals surface area contributed by atoms with Gasteiger partial charge in [-0.2, -0.15) is 5.10 Å². The van der Waals surface area contributed by atoms with Crippen LogP contribution >= 0.6 is 11.6 Å². The molecular weight excluding hydrogens is 266 g/mol. The van der Waals surface area contributed by atoms with Crippen LogP contribution in [0.15, 0.2) is 6.20 Å². The second-order valence-corrected chi connectivity index (χ2v) is 4.88. The zero-order valence-electron chi connectivity index (χ0n) is 11.0. The maximum absolute atomic E-state index is 11.2. The summed E-state index contributed by atoms with van der Waals surface area (Å²) in [5, 5.41) is 14.2. The van der Waals surface area contributed by atoms with Crippen molar-refractivity contribution in [2.75, 3.05) is 0 Å². The molecule has 0 unspecified atom stereocenters. The Morgan fingerprint density at radius 1 is 1.47 bits per heavy atom. The number of carboxylic acids is 1. The standard InChI is InChI=1S/C13H16ClN3O2/c1-3-4-5-6-17-12-9(7-15-17)11(14)10(13(18)19)8(2)16-12/h7H,3-6H2,1-2H3,(H,18,19). The van der Waals surface area contributed by atoms with Crippen LogP contribution in [0.3, 0.4) is 0 Å². The summed E-state index contributed by atoms with van der Waals surface area (Å²) in [6, 6.07) is 0. The number of halogens is 1. The van der Waals surface area contributed by atoms with E-state index in [4.69, 9.17) is 16.7 Å². The van der Waals surface area contributed by atoms with Crippen LogP contribution in [0.2, 0.25) is 5.02 Å². The molecule has 0 atom stereocenters. The summed E-state index contributed by atoms with van der Waals surface area (Å²) in [7, 11) is 0. The summed E-state index contributed by atoms with van der Waals surface area (Å²) in [5.74, 6) is -1.06. The van der Waals surface area contributed by atoms with Gasteiger partial charge in [-0.3, -0.25) is 0 Å². The third kappa shape index (κ3) is 2.56. The molecule has 0 saturated carbocycles. The third-order valence-corrected chi connectivity index (χ3v) is 3.48. The van der Waals surface area contributed by atoms with Crippen LogP contribution in [0.5, 0.6) is 0 Å². The van der Waals surface area contributed by atoms with Gasteiger partial charge < -0.3 is 5.11 Å². The molecular formula is C13H16ClN3O2. The van der Waals surface area contributed by atoms with Gasteiger partial charge in [0, 0.05) is 6.54 Å². The van der Waals surface area contributed by atoms with E-state index in [0.717, 1.165) is 25.8 Å². The Morgan fingerprint density at radius 3 is 2.84 bits per heavy atom. The Labute approximate surface area is 116 Å². The molecule has 5 nitrogen and oxygen atoms in total. The van der Waals surface area contributed by atoms with Gasteiger partial charge in [-0.1, -0.05) is 31.4 Å². The highest BCUT2D eigenvalue weighted by Crippen LogP contribution is 2.28. The van der Waals surface area contributed by atoms with Gasteiger partial charge in [-0.15, -0.1) is 0 Å². The quantitative estimate of drug-likeness (QED) is 0.854. The number of carbonyl (C=O) groups is 1. The highest BCUT2D eigenvalue weighted by Gasteiger charge is 2.19. The summed E-state index contributed by atoms with van der Waals surface area (Å²) in [4.78, 5) is 15.5. The van der Waals surface area contributed by atoms with Gasteiger partial charge in [-0.25, -0.2) is 14.5 Å². The van der Waals surface area contributed by atoms with E-state index in [1.165, 1.54) is 0 Å². The number of unbranched alkanes of at least 4 members (excludes halogenated alkanes) is 2. The summed E-state index contributed by atoms with van der Waals surface area (Å²) >= 11 is 6.14. The Kier molecular flexibility index (Phi) is 4.04. The van der Waals surface area contributed by atoms with Crippen molar-refractivity contribution < 1.29 is 9.90 Å². The fourth-order valence-electron chi connectivity index (χ4n) is 2.08. The van der Waals surface area contributed by atoms with E-state index < -0.39 is 5.97 Å². The van der Waals surface area contributed by atoms with Crippen molar-refractivity contribution in [3.63, 3.8) is 0 Å². The molecule has 0 aliphatic rings. The molecule has 2 heterocycles. The SMILES string of the molecule is CCCCCn1ncc2c(Cl)c(C(=O)O)c(C)nc21. The van der Waals surface area contributed by atoms with Crippen LogP contribution in [0.1, 0.15) is 42.2 Å². The number of aromatic carboxylic acids is 1. The summed E-state index contributed by atoms with van der Waals surface area (Å²) in [6.45, 7) is 4.56. The van der Waals surface area contributed by atoms with Gasteiger partial charge in [0.2, 0.25) is 0 Å². The fourth-order valence-corrected chi connectivity index (χ4v) is 2.43. The Hall–Kier alpha value is -1.62. The van der Waals surface area contributed by atoms with Crippen LogP contribution in [0.4, 0.5) is 0 Å². The summed E-state index contributed by atoms with van der Waals surface area (Å²) in [6.07, 6.45) is 4.87. The average molecular weight is 282 g/mol. The maximum Gasteiger partial charge on any atom is 0.339 e. The van der Waals surface area contributed by atoms with Crippen molar-refractivity contribution in [1.82, 2.24) is 14.8 Å². The number of pyridine rings is 1. The van der Waals surface area contributed by atoms with E-state index in [-0.39, 0.29) is 10.6 Å². The number of aromatic nitrogens is 3. The van der Waals surface area contributed by atoms with Crippen molar-refractivity contribution >= 4 is 28.6 Å². The van der Waals surface area contributed by atoms with Crippen molar-refractivity contribution in [3.8, 4) is 0 Å². The minimum atomic E-state index is -1.06. The number of rotatable bonds is 5. The average Bonchev–Trinajstić information content (AvgIpc) is 2.72. The first-order valence-electron chi connectivity index (χ1n) is 6.31. The largest absolute Gasteiger partial charge is 0.478 e. The number of hydrogen-bond donors (Lipinski definition) is 1. The van der Waals surface area contributed by atoms with E-state index in [0.29, 0.717) is 16.7 Å². The summed E-state index contributed by atoms with van der Waals surface area (Å²) < 4.78 is 1.79. The van der Waals surface area contributed by atoms with E-state index in [1.807, 2.05) is 0 Å².